The van der Waals surface area contributed by atoms with Gasteiger partial charge in [-0.3, -0.25) is 0 Å². The van der Waals surface area contributed by atoms with Crippen molar-refractivity contribution in [1.82, 2.24) is 5.32 Å². The van der Waals surface area contributed by atoms with E-state index in [4.69, 9.17) is 0 Å². The van der Waals surface area contributed by atoms with Gasteiger partial charge in [0.15, 0.2) is 0 Å². The third-order valence-corrected chi connectivity index (χ3v) is 5.37. The molecular formula is C12H18BrNS. The smallest absolute Gasteiger partial charge is 0.0314 e. The first-order valence-electron chi connectivity index (χ1n) is 5.67. The predicted molar refractivity (Wildman–Crippen MR) is 70.5 cm³/mol. The van der Waals surface area contributed by atoms with Gasteiger partial charge in [-0.1, -0.05) is 6.42 Å². The average Bonchev–Trinajstić information content (AvgIpc) is 2.80. The molecule has 1 fully saturated rings. The Morgan fingerprint density at radius 3 is 2.93 bits per heavy atom. The Kier molecular flexibility index (Phi) is 4.23. The fourth-order valence-electron chi connectivity index (χ4n) is 2.62. The minimum Gasteiger partial charge on any atom is -0.319 e. The molecule has 0 spiro atoms. The van der Waals surface area contributed by atoms with Crippen molar-refractivity contribution in [3.05, 3.63) is 20.8 Å². The van der Waals surface area contributed by atoms with Crippen LogP contribution in [0.15, 0.2) is 15.9 Å². The first kappa shape index (κ1) is 11.6. The molecule has 1 aromatic rings. The van der Waals surface area contributed by atoms with Crippen LogP contribution in [0, 0.1) is 11.8 Å². The van der Waals surface area contributed by atoms with E-state index < -0.39 is 0 Å². The molecule has 3 heteroatoms. The quantitative estimate of drug-likeness (QED) is 0.891. The third kappa shape index (κ3) is 2.83. The lowest BCUT2D eigenvalue weighted by Crippen LogP contribution is -2.23. The van der Waals surface area contributed by atoms with Crippen molar-refractivity contribution in [2.24, 2.45) is 11.8 Å². The van der Waals surface area contributed by atoms with Crippen LogP contribution >= 0.6 is 27.3 Å². The van der Waals surface area contributed by atoms with Crippen LogP contribution in [-0.4, -0.2) is 13.6 Å². The van der Waals surface area contributed by atoms with Crippen LogP contribution in [0.3, 0.4) is 0 Å². The molecule has 0 bridgehead atoms. The van der Waals surface area contributed by atoms with E-state index in [0.29, 0.717) is 0 Å². The summed E-state index contributed by atoms with van der Waals surface area (Å²) in [6.07, 6.45) is 5.51. The summed E-state index contributed by atoms with van der Waals surface area (Å²) in [5.74, 6) is 1.79. The molecule has 2 atom stereocenters. The number of halogens is 1. The van der Waals surface area contributed by atoms with E-state index >= 15 is 0 Å². The molecule has 0 radical (unpaired) electrons. The molecule has 2 unspecified atom stereocenters. The van der Waals surface area contributed by atoms with Crippen LogP contribution in [-0.2, 0) is 6.42 Å². The highest BCUT2D eigenvalue weighted by Crippen LogP contribution is 2.36. The summed E-state index contributed by atoms with van der Waals surface area (Å²) in [5, 5.41) is 5.51. The highest BCUT2D eigenvalue weighted by molar-refractivity contribution is 9.10. The largest absolute Gasteiger partial charge is 0.319 e. The monoisotopic (exact) mass is 287 g/mol. The summed E-state index contributed by atoms with van der Waals surface area (Å²) < 4.78 is 1.31. The molecule has 0 amide bonds. The normalized spacial score (nSPS) is 26.0. The Morgan fingerprint density at radius 2 is 2.27 bits per heavy atom. The summed E-state index contributed by atoms with van der Waals surface area (Å²) in [6.45, 7) is 1.19. The van der Waals surface area contributed by atoms with Gasteiger partial charge in [-0.05, 0) is 72.1 Å². The second-order valence-corrected chi connectivity index (χ2v) is 6.26. The van der Waals surface area contributed by atoms with Crippen LogP contribution < -0.4 is 5.32 Å². The summed E-state index contributed by atoms with van der Waals surface area (Å²) in [4.78, 5) is 1.53. The van der Waals surface area contributed by atoms with Gasteiger partial charge in [-0.15, -0.1) is 11.3 Å². The zero-order chi connectivity index (χ0) is 10.7. The zero-order valence-corrected chi connectivity index (χ0v) is 11.5. The Bertz CT molecular complexity index is 310. The van der Waals surface area contributed by atoms with Gasteiger partial charge < -0.3 is 5.32 Å². The second kappa shape index (κ2) is 5.46. The van der Waals surface area contributed by atoms with Crippen LogP contribution in [0.4, 0.5) is 0 Å². The third-order valence-electron chi connectivity index (χ3n) is 3.42. The van der Waals surface area contributed by atoms with E-state index in [1.807, 2.05) is 11.3 Å². The van der Waals surface area contributed by atoms with E-state index in [1.165, 1.54) is 41.6 Å². The molecule has 1 saturated carbocycles. The Labute approximate surface area is 104 Å². The van der Waals surface area contributed by atoms with Crippen molar-refractivity contribution < 1.29 is 0 Å². The zero-order valence-electron chi connectivity index (χ0n) is 9.13. The van der Waals surface area contributed by atoms with Gasteiger partial charge in [0, 0.05) is 9.35 Å². The highest BCUT2D eigenvalue weighted by Gasteiger charge is 2.27. The fraction of sp³-hybridized carbons (Fsp3) is 0.667. The molecule has 0 saturated heterocycles. The van der Waals surface area contributed by atoms with Gasteiger partial charge in [-0.25, -0.2) is 0 Å². The van der Waals surface area contributed by atoms with Crippen LogP contribution in [0.5, 0.6) is 0 Å². The van der Waals surface area contributed by atoms with Gasteiger partial charge in [0.25, 0.3) is 0 Å². The SMILES string of the molecule is CNCC1CCCC1Cc1sccc1Br. The maximum Gasteiger partial charge on any atom is 0.0314 e. The van der Waals surface area contributed by atoms with Crippen LogP contribution in [0.25, 0.3) is 0 Å². The molecule has 1 heterocycles. The lowest BCUT2D eigenvalue weighted by Gasteiger charge is -2.18. The van der Waals surface area contributed by atoms with Gasteiger partial charge in [0.1, 0.15) is 0 Å². The summed E-state index contributed by atoms with van der Waals surface area (Å²) in [5.41, 5.74) is 0. The maximum absolute atomic E-state index is 3.63. The topological polar surface area (TPSA) is 12.0 Å². The number of hydrogen-bond acceptors (Lipinski definition) is 2. The summed E-state index contributed by atoms with van der Waals surface area (Å²) in [6, 6.07) is 2.17. The van der Waals surface area contributed by atoms with Gasteiger partial charge >= 0.3 is 0 Å². The van der Waals surface area contributed by atoms with E-state index in [1.54, 1.807) is 0 Å². The number of rotatable bonds is 4. The van der Waals surface area contributed by atoms with Crippen molar-refractivity contribution in [2.45, 2.75) is 25.7 Å². The summed E-state index contributed by atoms with van der Waals surface area (Å²) in [7, 11) is 2.07. The minimum absolute atomic E-state index is 0.893. The van der Waals surface area contributed by atoms with E-state index in [2.05, 4.69) is 39.7 Å². The standard InChI is InChI=1S/C12H18BrNS/c1-14-8-10-4-2-3-9(10)7-12-11(13)5-6-15-12/h5-6,9-10,14H,2-4,7-8H2,1H3. The first-order chi connectivity index (χ1) is 7.31. The van der Waals surface area contributed by atoms with E-state index in [0.717, 1.165) is 11.8 Å². The Hall–Kier alpha value is 0.140. The average molecular weight is 288 g/mol. The molecule has 0 aromatic carbocycles. The molecule has 1 nitrogen and oxygen atoms in total. The molecule has 0 aliphatic heterocycles. The Morgan fingerprint density at radius 1 is 1.47 bits per heavy atom. The highest BCUT2D eigenvalue weighted by atomic mass is 79.9. The van der Waals surface area contributed by atoms with Crippen LogP contribution in [0.2, 0.25) is 0 Å². The lowest BCUT2D eigenvalue weighted by atomic mass is 9.92. The van der Waals surface area contributed by atoms with E-state index in [9.17, 15) is 0 Å². The molecule has 1 aliphatic rings. The number of nitrogens with one attached hydrogen (secondary N) is 1. The first-order valence-corrected chi connectivity index (χ1v) is 7.35. The van der Waals surface area contributed by atoms with E-state index in [-0.39, 0.29) is 0 Å². The van der Waals surface area contributed by atoms with Gasteiger partial charge in [0.2, 0.25) is 0 Å². The van der Waals surface area contributed by atoms with Crippen molar-refractivity contribution in [3.63, 3.8) is 0 Å². The van der Waals surface area contributed by atoms with Gasteiger partial charge in [-0.2, -0.15) is 0 Å². The number of thiophene rings is 1. The molecule has 1 N–H and O–H groups in total. The van der Waals surface area contributed by atoms with Crippen LogP contribution in [0.1, 0.15) is 24.1 Å². The lowest BCUT2D eigenvalue weighted by molar-refractivity contribution is 0.376. The predicted octanol–water partition coefficient (Wildman–Crippen LogP) is 3.69. The second-order valence-electron chi connectivity index (χ2n) is 4.40. The Balaban J connectivity index is 1.96. The van der Waals surface area contributed by atoms with Crippen molar-refractivity contribution in [2.75, 3.05) is 13.6 Å². The van der Waals surface area contributed by atoms with Crippen molar-refractivity contribution in [3.8, 4) is 0 Å². The molecule has 1 aliphatic carbocycles. The summed E-state index contributed by atoms with van der Waals surface area (Å²) >= 11 is 5.52. The molecule has 1 aromatic heterocycles. The maximum atomic E-state index is 3.63. The van der Waals surface area contributed by atoms with Crippen molar-refractivity contribution >= 4 is 27.3 Å². The molecule has 15 heavy (non-hydrogen) atoms. The molecule has 84 valence electrons. The minimum atomic E-state index is 0.893. The van der Waals surface area contributed by atoms with Crippen molar-refractivity contribution in [1.29, 1.82) is 0 Å². The number of hydrogen-bond donors (Lipinski definition) is 1. The molecule has 2 rings (SSSR count). The fourth-order valence-corrected chi connectivity index (χ4v) is 4.23. The van der Waals surface area contributed by atoms with Gasteiger partial charge in [0.05, 0.1) is 0 Å². The molecular weight excluding hydrogens is 270 g/mol.